The molecule has 2 aromatic rings. The lowest BCUT2D eigenvalue weighted by Gasteiger charge is -2.13. The molecule has 0 unspecified atom stereocenters. The Kier molecular flexibility index (Phi) is 3.60. The molecular formula is C17H17NO3. The van der Waals surface area contributed by atoms with Crippen LogP contribution in [0.2, 0.25) is 0 Å². The van der Waals surface area contributed by atoms with Crippen molar-refractivity contribution in [3.05, 3.63) is 47.5 Å². The van der Waals surface area contributed by atoms with Crippen LogP contribution in [0, 0.1) is 0 Å². The van der Waals surface area contributed by atoms with Gasteiger partial charge in [-0.25, -0.2) is 4.79 Å². The zero-order valence-electron chi connectivity index (χ0n) is 11.6. The molecule has 3 rings (SSSR count). The number of hydrogen-bond donors (Lipinski definition) is 2. The molecule has 0 aromatic heterocycles. The standard InChI is InChI=1S/C17H17NO3/c19-16(18-11-5-1-2-6-11)14-9-3-8-13-12(14)7-4-10-15(13)17(20)21/h3-4,7-11H,1-2,5-6H2,(H,18,19)(H,20,21). The fourth-order valence-corrected chi connectivity index (χ4v) is 3.03. The van der Waals surface area contributed by atoms with Crippen LogP contribution < -0.4 is 5.32 Å². The molecule has 2 aromatic carbocycles. The van der Waals surface area contributed by atoms with Gasteiger partial charge >= 0.3 is 5.97 Å². The molecule has 0 aliphatic heterocycles. The van der Waals surface area contributed by atoms with Gasteiger partial charge in [-0.1, -0.05) is 37.1 Å². The average Bonchev–Trinajstić information content (AvgIpc) is 2.98. The van der Waals surface area contributed by atoms with Gasteiger partial charge in [0.25, 0.3) is 5.91 Å². The molecule has 0 spiro atoms. The highest BCUT2D eigenvalue weighted by molar-refractivity contribution is 6.12. The molecule has 1 aliphatic carbocycles. The molecule has 1 aliphatic rings. The maximum Gasteiger partial charge on any atom is 0.336 e. The highest BCUT2D eigenvalue weighted by atomic mass is 16.4. The van der Waals surface area contributed by atoms with E-state index in [1.165, 1.54) is 0 Å². The summed E-state index contributed by atoms with van der Waals surface area (Å²) in [5, 5.41) is 13.6. The smallest absolute Gasteiger partial charge is 0.336 e. The number of carbonyl (C=O) groups excluding carboxylic acids is 1. The lowest BCUT2D eigenvalue weighted by atomic mass is 9.99. The lowest BCUT2D eigenvalue weighted by Crippen LogP contribution is -2.32. The number of hydrogen-bond acceptors (Lipinski definition) is 2. The second-order valence-corrected chi connectivity index (χ2v) is 5.47. The van der Waals surface area contributed by atoms with E-state index in [9.17, 15) is 14.7 Å². The van der Waals surface area contributed by atoms with E-state index < -0.39 is 5.97 Å². The highest BCUT2D eigenvalue weighted by Crippen LogP contribution is 2.24. The Morgan fingerprint density at radius 3 is 2.14 bits per heavy atom. The first kappa shape index (κ1) is 13.6. The van der Waals surface area contributed by atoms with Gasteiger partial charge in [0.15, 0.2) is 0 Å². The molecule has 4 heteroatoms. The Labute approximate surface area is 122 Å². The Hall–Kier alpha value is -2.36. The van der Waals surface area contributed by atoms with Crippen molar-refractivity contribution in [3.63, 3.8) is 0 Å². The van der Waals surface area contributed by atoms with E-state index in [0.717, 1.165) is 25.7 Å². The van der Waals surface area contributed by atoms with Gasteiger partial charge in [0.2, 0.25) is 0 Å². The van der Waals surface area contributed by atoms with Crippen LogP contribution >= 0.6 is 0 Å². The Morgan fingerprint density at radius 2 is 1.52 bits per heavy atom. The maximum atomic E-state index is 12.4. The van der Waals surface area contributed by atoms with Crippen LogP contribution in [-0.2, 0) is 0 Å². The van der Waals surface area contributed by atoms with E-state index in [4.69, 9.17) is 0 Å². The molecule has 0 saturated heterocycles. The van der Waals surface area contributed by atoms with Gasteiger partial charge in [-0.05, 0) is 35.7 Å². The summed E-state index contributed by atoms with van der Waals surface area (Å²) in [6.45, 7) is 0. The van der Waals surface area contributed by atoms with Crippen LogP contribution in [0.3, 0.4) is 0 Å². The number of fused-ring (bicyclic) bond motifs is 1. The van der Waals surface area contributed by atoms with Crippen molar-refractivity contribution in [2.45, 2.75) is 31.7 Å². The summed E-state index contributed by atoms with van der Waals surface area (Å²) in [5.74, 6) is -1.09. The summed E-state index contributed by atoms with van der Waals surface area (Å²) >= 11 is 0. The minimum absolute atomic E-state index is 0.116. The van der Waals surface area contributed by atoms with Gasteiger partial charge in [0.05, 0.1) is 5.56 Å². The van der Waals surface area contributed by atoms with Gasteiger partial charge in [-0.2, -0.15) is 0 Å². The van der Waals surface area contributed by atoms with Crippen LogP contribution in [0.25, 0.3) is 10.8 Å². The van der Waals surface area contributed by atoms with Crippen LogP contribution in [0.4, 0.5) is 0 Å². The summed E-state index contributed by atoms with van der Waals surface area (Å²) in [5.41, 5.74) is 0.769. The number of rotatable bonds is 3. The second-order valence-electron chi connectivity index (χ2n) is 5.47. The SMILES string of the molecule is O=C(O)c1cccc2c(C(=O)NC3CCCC3)cccc12. The highest BCUT2D eigenvalue weighted by Gasteiger charge is 2.19. The third kappa shape index (κ3) is 2.61. The van der Waals surface area contributed by atoms with E-state index in [1.807, 2.05) is 0 Å². The first-order valence-corrected chi connectivity index (χ1v) is 7.23. The fourth-order valence-electron chi connectivity index (χ4n) is 3.03. The van der Waals surface area contributed by atoms with Crippen molar-refractivity contribution in [1.82, 2.24) is 5.32 Å². The first-order valence-electron chi connectivity index (χ1n) is 7.23. The van der Waals surface area contributed by atoms with Crippen molar-refractivity contribution < 1.29 is 14.7 Å². The van der Waals surface area contributed by atoms with Crippen molar-refractivity contribution >= 4 is 22.6 Å². The van der Waals surface area contributed by atoms with Crippen LogP contribution in [0.1, 0.15) is 46.4 Å². The minimum Gasteiger partial charge on any atom is -0.478 e. The van der Waals surface area contributed by atoms with Crippen LogP contribution in [-0.4, -0.2) is 23.0 Å². The Bertz CT molecular complexity index is 702. The third-order valence-electron chi connectivity index (χ3n) is 4.09. The maximum absolute atomic E-state index is 12.4. The number of carbonyl (C=O) groups is 2. The predicted octanol–water partition coefficient (Wildman–Crippen LogP) is 3.21. The summed E-state index contributed by atoms with van der Waals surface area (Å²) < 4.78 is 0. The van der Waals surface area contributed by atoms with Gasteiger partial charge in [0.1, 0.15) is 0 Å². The zero-order valence-corrected chi connectivity index (χ0v) is 11.6. The van der Waals surface area contributed by atoms with Crippen molar-refractivity contribution in [3.8, 4) is 0 Å². The van der Waals surface area contributed by atoms with Crippen molar-refractivity contribution in [2.75, 3.05) is 0 Å². The fraction of sp³-hybridized carbons (Fsp3) is 0.294. The summed E-state index contributed by atoms with van der Waals surface area (Å²) in [4.78, 5) is 23.7. The van der Waals surface area contributed by atoms with Crippen LogP contribution in [0.15, 0.2) is 36.4 Å². The van der Waals surface area contributed by atoms with Crippen molar-refractivity contribution in [2.24, 2.45) is 0 Å². The number of benzene rings is 2. The summed E-state index contributed by atoms with van der Waals surface area (Å²) in [7, 11) is 0. The number of carboxylic acid groups (broad SMARTS) is 1. The van der Waals surface area contributed by atoms with E-state index in [2.05, 4.69) is 5.32 Å². The largest absolute Gasteiger partial charge is 0.478 e. The summed E-state index contributed by atoms with van der Waals surface area (Å²) in [6.07, 6.45) is 4.36. The molecule has 4 nitrogen and oxygen atoms in total. The molecule has 1 saturated carbocycles. The number of carboxylic acids is 1. The van der Waals surface area contributed by atoms with E-state index in [-0.39, 0.29) is 17.5 Å². The predicted molar refractivity (Wildman–Crippen MR) is 80.6 cm³/mol. The topological polar surface area (TPSA) is 66.4 Å². The minimum atomic E-state index is -0.978. The van der Waals surface area contributed by atoms with E-state index in [0.29, 0.717) is 16.3 Å². The quantitative estimate of drug-likeness (QED) is 0.909. The van der Waals surface area contributed by atoms with Gasteiger partial charge in [0, 0.05) is 11.6 Å². The second kappa shape index (κ2) is 5.56. The molecular weight excluding hydrogens is 266 g/mol. The molecule has 0 radical (unpaired) electrons. The number of amides is 1. The van der Waals surface area contributed by atoms with Gasteiger partial charge in [-0.15, -0.1) is 0 Å². The van der Waals surface area contributed by atoms with Gasteiger partial charge in [-0.3, -0.25) is 4.79 Å². The molecule has 1 fully saturated rings. The number of aromatic carboxylic acids is 1. The average molecular weight is 283 g/mol. The Morgan fingerprint density at radius 1 is 0.952 bits per heavy atom. The third-order valence-corrected chi connectivity index (χ3v) is 4.09. The number of nitrogens with one attached hydrogen (secondary N) is 1. The first-order chi connectivity index (χ1) is 10.2. The molecule has 0 heterocycles. The molecule has 108 valence electrons. The lowest BCUT2D eigenvalue weighted by molar-refractivity contribution is 0.0698. The van der Waals surface area contributed by atoms with E-state index in [1.54, 1.807) is 36.4 Å². The molecule has 1 amide bonds. The monoisotopic (exact) mass is 283 g/mol. The molecule has 0 atom stereocenters. The molecule has 2 N–H and O–H groups in total. The normalized spacial score (nSPS) is 15.2. The van der Waals surface area contributed by atoms with Crippen molar-refractivity contribution in [1.29, 1.82) is 0 Å². The molecule has 21 heavy (non-hydrogen) atoms. The van der Waals surface area contributed by atoms with E-state index >= 15 is 0 Å². The molecule has 0 bridgehead atoms. The zero-order chi connectivity index (χ0) is 14.8. The Balaban J connectivity index is 2.00. The van der Waals surface area contributed by atoms with Crippen LogP contribution in [0.5, 0.6) is 0 Å². The van der Waals surface area contributed by atoms with Gasteiger partial charge < -0.3 is 10.4 Å². The summed E-state index contributed by atoms with van der Waals surface area (Å²) in [6, 6.07) is 10.5.